The molecule has 5 aromatic rings. The lowest BCUT2D eigenvalue weighted by Gasteiger charge is -2.42. The molecule has 258 valence electrons. The van der Waals surface area contributed by atoms with Gasteiger partial charge in [0.25, 0.3) is 0 Å². The number of hydrogen-bond donors (Lipinski definition) is 0. The van der Waals surface area contributed by atoms with Crippen LogP contribution in [0.25, 0.3) is 40.3 Å². The van der Waals surface area contributed by atoms with Gasteiger partial charge in [-0.25, -0.2) is 0 Å². The van der Waals surface area contributed by atoms with Gasteiger partial charge in [-0.15, -0.1) is 0 Å². The number of aryl methyl sites for hydroxylation is 1. The lowest BCUT2D eigenvalue weighted by atomic mass is 9.62. The summed E-state index contributed by atoms with van der Waals surface area (Å²) in [4.78, 5) is 0. The van der Waals surface area contributed by atoms with E-state index in [2.05, 4.69) is 164 Å². The summed E-state index contributed by atoms with van der Waals surface area (Å²) in [5.74, 6) is 3.97. The number of furan rings is 1. The minimum Gasteiger partial charge on any atom is -0.456 e. The predicted molar refractivity (Wildman–Crippen MR) is 220 cm³/mol. The molecule has 0 amide bonds. The van der Waals surface area contributed by atoms with Crippen molar-refractivity contribution in [2.24, 2.45) is 23.7 Å². The van der Waals surface area contributed by atoms with Gasteiger partial charge < -0.3 is 4.42 Å². The zero-order chi connectivity index (χ0) is 34.9. The van der Waals surface area contributed by atoms with Crippen LogP contribution in [0.3, 0.4) is 0 Å². The molecule has 0 radical (unpaired) electrons. The molecule has 7 atom stereocenters. The first-order chi connectivity index (χ1) is 26.3. The molecule has 4 aromatic carbocycles. The predicted octanol–water partition coefficient (Wildman–Crippen LogP) is 13.4. The van der Waals surface area contributed by atoms with E-state index in [1.165, 1.54) is 74.7 Å². The quantitative estimate of drug-likeness (QED) is 0.184. The minimum atomic E-state index is 0.278. The first-order valence-electron chi connectivity index (χ1n) is 19.9. The van der Waals surface area contributed by atoms with Crippen molar-refractivity contribution in [2.45, 2.75) is 49.9 Å². The molecule has 1 saturated carbocycles. The van der Waals surface area contributed by atoms with Crippen LogP contribution >= 0.6 is 0 Å². The molecular weight excluding hydrogens is 641 g/mol. The second-order valence-corrected chi connectivity index (χ2v) is 16.2. The molecule has 1 heteroatoms. The highest BCUT2D eigenvalue weighted by molar-refractivity contribution is 5.97. The Morgan fingerprint density at radius 2 is 1.42 bits per heavy atom. The topological polar surface area (TPSA) is 13.1 Å². The van der Waals surface area contributed by atoms with Crippen LogP contribution in [-0.2, 0) is 6.42 Å². The second kappa shape index (κ2) is 12.6. The van der Waals surface area contributed by atoms with Crippen molar-refractivity contribution in [3.8, 4) is 11.1 Å². The Bertz CT molecular complexity index is 2460. The van der Waals surface area contributed by atoms with Gasteiger partial charge in [0.15, 0.2) is 0 Å². The summed E-state index contributed by atoms with van der Waals surface area (Å²) in [5, 5.41) is 1.25. The van der Waals surface area contributed by atoms with Gasteiger partial charge in [0.05, 0.1) is 0 Å². The van der Waals surface area contributed by atoms with Gasteiger partial charge >= 0.3 is 0 Å². The Labute approximate surface area is 313 Å². The highest BCUT2D eigenvalue weighted by atomic mass is 16.3. The Morgan fingerprint density at radius 3 is 2.30 bits per heavy atom. The number of para-hydroxylation sites is 1. The van der Waals surface area contributed by atoms with E-state index >= 15 is 0 Å². The molecule has 0 saturated heterocycles. The molecule has 11 rings (SSSR count). The van der Waals surface area contributed by atoms with Crippen molar-refractivity contribution in [2.75, 3.05) is 0 Å². The first-order valence-corrected chi connectivity index (χ1v) is 19.9. The Morgan fingerprint density at radius 1 is 0.604 bits per heavy atom. The summed E-state index contributed by atoms with van der Waals surface area (Å²) in [5.41, 5.74) is 15.2. The molecule has 7 unspecified atom stereocenters. The number of fused-ring (bicyclic) bond motifs is 10. The van der Waals surface area contributed by atoms with Gasteiger partial charge in [-0.05, 0) is 94.9 Å². The van der Waals surface area contributed by atoms with Crippen molar-refractivity contribution in [1.82, 2.24) is 0 Å². The van der Waals surface area contributed by atoms with E-state index in [-0.39, 0.29) is 5.92 Å². The maximum atomic E-state index is 6.95. The molecule has 0 aliphatic heterocycles. The molecule has 6 aliphatic rings. The highest BCUT2D eigenvalue weighted by Gasteiger charge is 2.41. The van der Waals surface area contributed by atoms with Gasteiger partial charge in [0.2, 0.25) is 0 Å². The molecular formula is C52H44O. The second-order valence-electron chi connectivity index (χ2n) is 16.2. The highest BCUT2D eigenvalue weighted by Crippen LogP contribution is 2.55. The zero-order valence-electron chi connectivity index (χ0n) is 30.1. The monoisotopic (exact) mass is 684 g/mol. The van der Waals surface area contributed by atoms with E-state index in [1.807, 2.05) is 0 Å². The fraction of sp³-hybridized carbons (Fsp3) is 0.231. The van der Waals surface area contributed by atoms with Crippen LogP contribution in [0.5, 0.6) is 0 Å². The first kappa shape index (κ1) is 31.2. The smallest absolute Gasteiger partial charge is 0.142 e. The third-order valence-corrected chi connectivity index (χ3v) is 13.4. The van der Waals surface area contributed by atoms with E-state index in [9.17, 15) is 0 Å². The van der Waals surface area contributed by atoms with Crippen molar-refractivity contribution < 1.29 is 4.42 Å². The Kier molecular flexibility index (Phi) is 7.42. The van der Waals surface area contributed by atoms with Gasteiger partial charge in [-0.2, -0.15) is 0 Å². The maximum absolute atomic E-state index is 6.95. The summed E-state index contributed by atoms with van der Waals surface area (Å²) in [6.45, 7) is 0. The Hall–Kier alpha value is -5.40. The van der Waals surface area contributed by atoms with E-state index in [0.29, 0.717) is 35.5 Å². The van der Waals surface area contributed by atoms with Crippen LogP contribution in [0.1, 0.15) is 82.6 Å². The van der Waals surface area contributed by atoms with Crippen LogP contribution in [0.15, 0.2) is 161 Å². The van der Waals surface area contributed by atoms with Crippen LogP contribution in [0.4, 0.5) is 0 Å². The Balaban J connectivity index is 0.976. The number of rotatable bonds is 4. The van der Waals surface area contributed by atoms with Crippen LogP contribution in [-0.4, -0.2) is 0 Å². The van der Waals surface area contributed by atoms with E-state index < -0.39 is 0 Å². The summed E-state index contributed by atoms with van der Waals surface area (Å²) in [6, 6.07) is 33.6. The number of benzene rings is 4. The fourth-order valence-corrected chi connectivity index (χ4v) is 10.9. The molecule has 1 heterocycles. The third kappa shape index (κ3) is 5.19. The molecule has 0 spiro atoms. The SMILES string of the molecule is C1=CC2C(C3CC(C4=CC5C=Cc6c(ccc7c6C=CCC7)C5C=C4)CC(c4ccccc4)C3)=Cc3oc4c(-c5ccccc5)cccc4c3C2C=C1. The van der Waals surface area contributed by atoms with Gasteiger partial charge in [0.1, 0.15) is 11.3 Å². The lowest BCUT2D eigenvalue weighted by Crippen LogP contribution is -2.30. The number of hydrogen-bond acceptors (Lipinski definition) is 1. The van der Waals surface area contributed by atoms with E-state index in [1.54, 1.807) is 5.57 Å². The molecule has 1 nitrogen and oxygen atoms in total. The molecule has 1 aromatic heterocycles. The minimum absolute atomic E-state index is 0.278. The summed E-state index contributed by atoms with van der Waals surface area (Å²) in [6.07, 6.45) is 35.1. The van der Waals surface area contributed by atoms with Crippen molar-refractivity contribution in [3.63, 3.8) is 0 Å². The van der Waals surface area contributed by atoms with E-state index in [4.69, 9.17) is 4.42 Å². The average molecular weight is 685 g/mol. The van der Waals surface area contributed by atoms with Crippen LogP contribution in [0.2, 0.25) is 0 Å². The zero-order valence-corrected chi connectivity index (χ0v) is 30.1. The molecule has 1 fully saturated rings. The van der Waals surface area contributed by atoms with Crippen molar-refractivity contribution in [1.29, 1.82) is 0 Å². The molecule has 0 N–H and O–H groups in total. The maximum Gasteiger partial charge on any atom is 0.142 e. The number of allylic oxidation sites excluding steroid dienone is 11. The largest absolute Gasteiger partial charge is 0.456 e. The summed E-state index contributed by atoms with van der Waals surface area (Å²) >= 11 is 0. The van der Waals surface area contributed by atoms with Gasteiger partial charge in [0, 0.05) is 40.2 Å². The standard InChI is InChI=1S/C52H44O/c1-3-12-33(13-4-1)38-29-39(36-23-25-42-37(28-36)24-27-45-41-17-8-7-16-35(41)22-26-46(42)45)31-40(30-38)49-32-50-51(47-19-10-9-18-44(47)49)48-21-11-20-43(52(48)53-50)34-14-5-2-6-15-34/h1-6,8-15,17-28,32,37-40,42,44,47H,7,16,29-31H2. The average Bonchev–Trinajstić information content (AvgIpc) is 3.62. The summed E-state index contributed by atoms with van der Waals surface area (Å²) in [7, 11) is 0. The normalized spacial score (nSPS) is 27.7. The van der Waals surface area contributed by atoms with Crippen LogP contribution in [0, 0.1) is 23.7 Å². The van der Waals surface area contributed by atoms with Crippen molar-refractivity contribution in [3.05, 3.63) is 196 Å². The summed E-state index contributed by atoms with van der Waals surface area (Å²) < 4.78 is 6.95. The van der Waals surface area contributed by atoms with Crippen molar-refractivity contribution >= 4 is 29.2 Å². The molecule has 0 bridgehead atoms. The van der Waals surface area contributed by atoms with Gasteiger partial charge in [-0.3, -0.25) is 0 Å². The molecule has 6 aliphatic carbocycles. The van der Waals surface area contributed by atoms with E-state index in [0.717, 1.165) is 24.2 Å². The third-order valence-electron chi connectivity index (χ3n) is 13.4. The molecule has 53 heavy (non-hydrogen) atoms. The van der Waals surface area contributed by atoms with Gasteiger partial charge in [-0.1, -0.05) is 163 Å². The fourth-order valence-electron chi connectivity index (χ4n) is 10.9. The van der Waals surface area contributed by atoms with Crippen LogP contribution < -0.4 is 0 Å². The lowest BCUT2D eigenvalue weighted by molar-refractivity contribution is 0.282.